The number of fused-ring (bicyclic) bond motifs is 1. The van der Waals surface area contributed by atoms with E-state index in [4.69, 9.17) is 0 Å². The second kappa shape index (κ2) is 4.58. The highest BCUT2D eigenvalue weighted by molar-refractivity contribution is 5.89. The molecule has 90 valence electrons. The SMILES string of the molecule is CNCc1ccn(-c2cccc3cnccc23)n1. The zero-order valence-corrected chi connectivity index (χ0v) is 10.2. The summed E-state index contributed by atoms with van der Waals surface area (Å²) < 4.78 is 1.91. The van der Waals surface area contributed by atoms with Gasteiger partial charge in [0.05, 0.1) is 11.4 Å². The Morgan fingerprint density at radius 1 is 1.22 bits per heavy atom. The Kier molecular flexibility index (Phi) is 2.78. The van der Waals surface area contributed by atoms with Gasteiger partial charge in [0.25, 0.3) is 0 Å². The zero-order valence-electron chi connectivity index (χ0n) is 10.2. The number of aromatic nitrogens is 3. The van der Waals surface area contributed by atoms with Crippen LogP contribution in [0.25, 0.3) is 16.5 Å². The first-order chi connectivity index (χ1) is 8.88. The molecule has 0 bridgehead atoms. The van der Waals surface area contributed by atoms with E-state index >= 15 is 0 Å². The van der Waals surface area contributed by atoms with Crippen molar-refractivity contribution in [1.29, 1.82) is 0 Å². The number of benzene rings is 1. The molecule has 0 saturated heterocycles. The van der Waals surface area contributed by atoms with Crippen LogP contribution in [0.5, 0.6) is 0 Å². The van der Waals surface area contributed by atoms with Crippen LogP contribution in [0.15, 0.2) is 48.9 Å². The van der Waals surface area contributed by atoms with Crippen LogP contribution < -0.4 is 5.32 Å². The van der Waals surface area contributed by atoms with Crippen LogP contribution in [0.4, 0.5) is 0 Å². The number of hydrogen-bond donors (Lipinski definition) is 1. The summed E-state index contributed by atoms with van der Waals surface area (Å²) in [6.07, 6.45) is 5.67. The van der Waals surface area contributed by atoms with Crippen molar-refractivity contribution in [2.75, 3.05) is 7.05 Å². The van der Waals surface area contributed by atoms with Crippen molar-refractivity contribution >= 4 is 10.8 Å². The second-order valence-electron chi connectivity index (χ2n) is 4.16. The first-order valence-corrected chi connectivity index (χ1v) is 5.91. The van der Waals surface area contributed by atoms with Crippen molar-refractivity contribution in [2.24, 2.45) is 0 Å². The van der Waals surface area contributed by atoms with Crippen molar-refractivity contribution in [2.45, 2.75) is 6.54 Å². The topological polar surface area (TPSA) is 42.7 Å². The molecule has 0 unspecified atom stereocenters. The lowest BCUT2D eigenvalue weighted by atomic mass is 10.1. The summed E-state index contributed by atoms with van der Waals surface area (Å²) in [5, 5.41) is 9.94. The third-order valence-corrected chi connectivity index (χ3v) is 2.91. The Hall–Kier alpha value is -2.20. The summed E-state index contributed by atoms with van der Waals surface area (Å²) in [7, 11) is 1.92. The van der Waals surface area contributed by atoms with Crippen molar-refractivity contribution < 1.29 is 0 Å². The molecule has 2 heterocycles. The highest BCUT2D eigenvalue weighted by atomic mass is 15.3. The highest BCUT2D eigenvalue weighted by Gasteiger charge is 2.04. The fourth-order valence-corrected chi connectivity index (χ4v) is 2.08. The minimum Gasteiger partial charge on any atom is -0.314 e. The average molecular weight is 238 g/mol. The van der Waals surface area contributed by atoms with Crippen molar-refractivity contribution in [3.8, 4) is 5.69 Å². The maximum Gasteiger partial charge on any atom is 0.0766 e. The van der Waals surface area contributed by atoms with E-state index in [9.17, 15) is 0 Å². The van der Waals surface area contributed by atoms with E-state index in [1.165, 1.54) is 0 Å². The predicted molar refractivity (Wildman–Crippen MR) is 71.6 cm³/mol. The first kappa shape index (κ1) is 10.9. The minimum atomic E-state index is 0.777. The molecule has 0 aliphatic heterocycles. The molecular formula is C14H14N4. The molecule has 0 fully saturated rings. The van der Waals surface area contributed by atoms with Gasteiger partial charge in [-0.3, -0.25) is 4.98 Å². The number of hydrogen-bond acceptors (Lipinski definition) is 3. The van der Waals surface area contributed by atoms with Crippen molar-refractivity contribution in [1.82, 2.24) is 20.1 Å². The quantitative estimate of drug-likeness (QED) is 0.760. The summed E-state index contributed by atoms with van der Waals surface area (Å²) in [5.41, 5.74) is 2.11. The standard InChI is InChI=1S/C14H14N4/c1-15-10-12-6-8-18(17-12)14-4-2-3-11-9-16-7-5-13(11)14/h2-9,15H,10H2,1H3. The van der Waals surface area contributed by atoms with Crippen LogP contribution in [-0.4, -0.2) is 21.8 Å². The lowest BCUT2D eigenvalue weighted by Crippen LogP contribution is -2.06. The van der Waals surface area contributed by atoms with E-state index in [0.29, 0.717) is 0 Å². The lowest BCUT2D eigenvalue weighted by molar-refractivity contribution is 0.758. The summed E-state index contributed by atoms with van der Waals surface area (Å²) in [5.74, 6) is 0. The molecule has 3 rings (SSSR count). The molecule has 0 spiro atoms. The maximum atomic E-state index is 4.55. The maximum absolute atomic E-state index is 4.55. The molecule has 4 nitrogen and oxygen atoms in total. The Morgan fingerprint density at radius 2 is 2.17 bits per heavy atom. The zero-order chi connectivity index (χ0) is 12.4. The molecule has 18 heavy (non-hydrogen) atoms. The van der Waals surface area contributed by atoms with Gasteiger partial charge in [0, 0.05) is 35.9 Å². The Bertz CT molecular complexity index is 667. The molecule has 0 saturated carbocycles. The van der Waals surface area contributed by atoms with E-state index < -0.39 is 0 Å². The van der Waals surface area contributed by atoms with E-state index in [1.807, 2.05) is 48.5 Å². The summed E-state index contributed by atoms with van der Waals surface area (Å²) >= 11 is 0. The van der Waals surface area contributed by atoms with Gasteiger partial charge in [-0.15, -0.1) is 0 Å². The monoisotopic (exact) mass is 238 g/mol. The minimum absolute atomic E-state index is 0.777. The van der Waals surface area contributed by atoms with Gasteiger partial charge < -0.3 is 5.32 Å². The summed E-state index contributed by atoms with van der Waals surface area (Å²) in [6, 6.07) is 10.2. The molecule has 2 aromatic heterocycles. The van der Waals surface area contributed by atoms with Gasteiger partial charge in [-0.1, -0.05) is 12.1 Å². The second-order valence-corrected chi connectivity index (χ2v) is 4.16. The average Bonchev–Trinajstić information content (AvgIpc) is 2.87. The van der Waals surface area contributed by atoms with E-state index in [0.717, 1.165) is 28.7 Å². The van der Waals surface area contributed by atoms with Crippen LogP contribution in [0.2, 0.25) is 0 Å². The number of nitrogens with one attached hydrogen (secondary N) is 1. The molecule has 1 N–H and O–H groups in total. The third-order valence-electron chi connectivity index (χ3n) is 2.91. The van der Waals surface area contributed by atoms with Gasteiger partial charge in [-0.05, 0) is 25.2 Å². The predicted octanol–water partition coefficient (Wildman–Crippen LogP) is 2.14. The van der Waals surface area contributed by atoms with Crippen LogP contribution in [0, 0.1) is 0 Å². The van der Waals surface area contributed by atoms with Crippen molar-refractivity contribution in [3.05, 3.63) is 54.6 Å². The van der Waals surface area contributed by atoms with Gasteiger partial charge in [0.2, 0.25) is 0 Å². The molecule has 0 radical (unpaired) electrons. The molecule has 3 aromatic rings. The van der Waals surface area contributed by atoms with E-state index in [-0.39, 0.29) is 0 Å². The smallest absolute Gasteiger partial charge is 0.0766 e. The van der Waals surface area contributed by atoms with Crippen LogP contribution in [0.3, 0.4) is 0 Å². The van der Waals surface area contributed by atoms with Gasteiger partial charge >= 0.3 is 0 Å². The molecule has 4 heteroatoms. The third kappa shape index (κ3) is 1.87. The van der Waals surface area contributed by atoms with Crippen LogP contribution in [0.1, 0.15) is 5.69 Å². The van der Waals surface area contributed by atoms with Gasteiger partial charge in [0.15, 0.2) is 0 Å². The van der Waals surface area contributed by atoms with Crippen molar-refractivity contribution in [3.63, 3.8) is 0 Å². The highest BCUT2D eigenvalue weighted by Crippen LogP contribution is 2.20. The molecule has 0 amide bonds. The van der Waals surface area contributed by atoms with E-state index in [2.05, 4.69) is 27.5 Å². The summed E-state index contributed by atoms with van der Waals surface area (Å²) in [6.45, 7) is 0.777. The molecule has 0 aliphatic rings. The van der Waals surface area contributed by atoms with Crippen LogP contribution >= 0.6 is 0 Å². The number of rotatable bonds is 3. The van der Waals surface area contributed by atoms with Gasteiger partial charge in [0.1, 0.15) is 0 Å². The normalized spacial score (nSPS) is 10.9. The summed E-state index contributed by atoms with van der Waals surface area (Å²) in [4.78, 5) is 4.14. The number of pyridine rings is 1. The molecular weight excluding hydrogens is 224 g/mol. The van der Waals surface area contributed by atoms with Gasteiger partial charge in [-0.25, -0.2) is 4.68 Å². The Morgan fingerprint density at radius 3 is 3.06 bits per heavy atom. The van der Waals surface area contributed by atoms with E-state index in [1.54, 1.807) is 0 Å². The molecule has 0 aliphatic carbocycles. The molecule has 0 atom stereocenters. The Labute approximate surface area is 105 Å². The number of nitrogens with zero attached hydrogens (tertiary/aromatic N) is 3. The Balaban J connectivity index is 2.12. The van der Waals surface area contributed by atoms with Gasteiger partial charge in [-0.2, -0.15) is 5.10 Å². The first-order valence-electron chi connectivity index (χ1n) is 5.91. The lowest BCUT2D eigenvalue weighted by Gasteiger charge is -2.05. The van der Waals surface area contributed by atoms with Crippen LogP contribution in [-0.2, 0) is 6.54 Å². The largest absolute Gasteiger partial charge is 0.314 e. The fourth-order valence-electron chi connectivity index (χ4n) is 2.08. The fraction of sp³-hybridized carbons (Fsp3) is 0.143. The molecule has 1 aromatic carbocycles.